The highest BCUT2D eigenvalue weighted by molar-refractivity contribution is 7.21. The van der Waals surface area contributed by atoms with Crippen molar-refractivity contribution >= 4 is 33.1 Å². The number of aromatic nitrogens is 1. The Bertz CT molecular complexity index is 635. The molecule has 3 heterocycles. The molecule has 0 bridgehead atoms. The maximum atomic E-state index is 12.2. The largest absolute Gasteiger partial charge is 0.397 e. The Hall–Kier alpha value is -1.70. The number of pyridine rings is 1. The summed E-state index contributed by atoms with van der Waals surface area (Å²) in [6, 6.07) is 3.73. The van der Waals surface area contributed by atoms with Crippen molar-refractivity contribution in [3.63, 3.8) is 0 Å². The molecule has 21 heavy (non-hydrogen) atoms. The van der Waals surface area contributed by atoms with Crippen LogP contribution in [0.15, 0.2) is 18.3 Å². The van der Waals surface area contributed by atoms with Gasteiger partial charge in [0.2, 0.25) is 0 Å². The topological polar surface area (TPSA) is 83.3 Å². The molecule has 0 atom stereocenters. The molecule has 0 aliphatic carbocycles. The molecule has 0 radical (unpaired) electrons. The van der Waals surface area contributed by atoms with E-state index in [9.17, 15) is 4.79 Å². The highest BCUT2D eigenvalue weighted by Gasteiger charge is 2.17. The number of hydrogen-bond donors (Lipinski definition) is 3. The summed E-state index contributed by atoms with van der Waals surface area (Å²) in [5, 5.41) is 7.12. The molecule has 4 N–H and O–H groups in total. The first kappa shape index (κ1) is 14.2. The molecule has 1 amide bonds. The molecule has 1 saturated heterocycles. The smallest absolute Gasteiger partial charge is 0.263 e. The van der Waals surface area contributed by atoms with E-state index < -0.39 is 0 Å². The Labute approximate surface area is 127 Å². The zero-order valence-corrected chi connectivity index (χ0v) is 12.6. The molecule has 0 saturated carbocycles. The van der Waals surface area contributed by atoms with E-state index >= 15 is 0 Å². The number of piperazine rings is 1. The predicted molar refractivity (Wildman–Crippen MR) is 85.7 cm³/mol. The van der Waals surface area contributed by atoms with Crippen molar-refractivity contribution in [3.05, 3.63) is 23.2 Å². The molecule has 2 aromatic rings. The van der Waals surface area contributed by atoms with Crippen LogP contribution < -0.4 is 16.4 Å². The number of thiophene rings is 1. The molecule has 1 aliphatic heterocycles. The summed E-state index contributed by atoms with van der Waals surface area (Å²) in [6.07, 6.45) is 1.71. The van der Waals surface area contributed by atoms with Gasteiger partial charge in [-0.3, -0.25) is 9.69 Å². The maximum Gasteiger partial charge on any atom is 0.263 e. The van der Waals surface area contributed by atoms with Gasteiger partial charge >= 0.3 is 0 Å². The fraction of sp³-hybridized carbons (Fsp3) is 0.429. The first-order valence-corrected chi connectivity index (χ1v) is 7.91. The molecule has 3 rings (SSSR count). The molecule has 6 nitrogen and oxygen atoms in total. The van der Waals surface area contributed by atoms with Crippen molar-refractivity contribution in [3.8, 4) is 0 Å². The van der Waals surface area contributed by atoms with Crippen LogP contribution in [-0.4, -0.2) is 55.1 Å². The summed E-state index contributed by atoms with van der Waals surface area (Å²) in [6.45, 7) is 5.61. The normalized spacial score (nSPS) is 16.2. The van der Waals surface area contributed by atoms with Crippen molar-refractivity contribution in [2.75, 3.05) is 45.0 Å². The second-order valence-corrected chi connectivity index (χ2v) is 6.05. The number of carbonyl (C=O) groups excluding carboxylic acids is 1. The fourth-order valence-corrected chi connectivity index (χ4v) is 3.44. The number of nitrogens with one attached hydrogen (secondary N) is 2. The Morgan fingerprint density at radius 1 is 1.48 bits per heavy atom. The first-order chi connectivity index (χ1) is 10.3. The van der Waals surface area contributed by atoms with Crippen molar-refractivity contribution in [1.29, 1.82) is 0 Å². The van der Waals surface area contributed by atoms with Crippen LogP contribution in [0.25, 0.3) is 10.2 Å². The van der Waals surface area contributed by atoms with Gasteiger partial charge in [0.25, 0.3) is 5.91 Å². The number of nitrogen functional groups attached to an aromatic ring is 1. The SMILES string of the molecule is Nc1c(C(=O)NCCN2CCNCC2)sc2ncccc12. The number of nitrogens with two attached hydrogens (primary N) is 1. The maximum absolute atomic E-state index is 12.2. The van der Waals surface area contributed by atoms with E-state index in [1.54, 1.807) is 6.20 Å². The summed E-state index contributed by atoms with van der Waals surface area (Å²) < 4.78 is 0. The molecule has 0 aromatic carbocycles. The van der Waals surface area contributed by atoms with Gasteiger partial charge in [-0.15, -0.1) is 11.3 Å². The van der Waals surface area contributed by atoms with Gasteiger partial charge in [0.1, 0.15) is 9.71 Å². The van der Waals surface area contributed by atoms with Gasteiger partial charge in [0, 0.05) is 50.9 Å². The molecule has 112 valence electrons. The minimum absolute atomic E-state index is 0.106. The van der Waals surface area contributed by atoms with Crippen LogP contribution in [0.2, 0.25) is 0 Å². The summed E-state index contributed by atoms with van der Waals surface area (Å²) in [4.78, 5) is 20.2. The number of fused-ring (bicyclic) bond motifs is 1. The lowest BCUT2D eigenvalue weighted by atomic mass is 10.2. The highest BCUT2D eigenvalue weighted by Crippen LogP contribution is 2.31. The number of carbonyl (C=O) groups is 1. The van der Waals surface area contributed by atoms with Gasteiger partial charge < -0.3 is 16.4 Å². The van der Waals surface area contributed by atoms with Gasteiger partial charge in [-0.05, 0) is 12.1 Å². The lowest BCUT2D eigenvalue weighted by Crippen LogP contribution is -2.46. The quantitative estimate of drug-likeness (QED) is 0.767. The predicted octanol–water partition coefficient (Wildman–Crippen LogP) is 0.514. The molecule has 7 heteroatoms. The summed E-state index contributed by atoms with van der Waals surface area (Å²) in [5.74, 6) is -0.106. The van der Waals surface area contributed by atoms with Crippen LogP contribution in [0.4, 0.5) is 5.69 Å². The fourth-order valence-electron chi connectivity index (χ4n) is 2.46. The standard InChI is InChI=1S/C14H19N5OS/c15-11-10-2-1-3-18-14(10)21-12(11)13(20)17-6-9-19-7-4-16-5-8-19/h1-3,16H,4-9,15H2,(H,17,20). The van der Waals surface area contributed by atoms with Crippen LogP contribution in [0.3, 0.4) is 0 Å². The monoisotopic (exact) mass is 305 g/mol. The molecule has 0 unspecified atom stereocenters. The summed E-state index contributed by atoms with van der Waals surface area (Å²) in [7, 11) is 0. The number of anilines is 1. The van der Waals surface area contributed by atoms with Gasteiger partial charge in [-0.2, -0.15) is 0 Å². The lowest BCUT2D eigenvalue weighted by Gasteiger charge is -2.27. The summed E-state index contributed by atoms with van der Waals surface area (Å²) >= 11 is 1.35. The third-order valence-corrected chi connectivity index (χ3v) is 4.76. The number of nitrogens with zero attached hydrogens (tertiary/aromatic N) is 2. The number of hydrogen-bond acceptors (Lipinski definition) is 6. The molecule has 1 aliphatic rings. The van der Waals surface area contributed by atoms with Crippen LogP contribution in [0, 0.1) is 0 Å². The van der Waals surface area contributed by atoms with Gasteiger partial charge in [0.05, 0.1) is 5.69 Å². The van der Waals surface area contributed by atoms with E-state index in [0.717, 1.165) is 42.9 Å². The Balaban J connectivity index is 1.60. The van der Waals surface area contributed by atoms with E-state index in [1.807, 2.05) is 12.1 Å². The van der Waals surface area contributed by atoms with Crippen LogP contribution in [0.5, 0.6) is 0 Å². The zero-order chi connectivity index (χ0) is 14.7. The molecule has 0 spiro atoms. The molecule has 2 aromatic heterocycles. The second-order valence-electron chi connectivity index (χ2n) is 5.05. The Morgan fingerprint density at radius 3 is 3.05 bits per heavy atom. The van der Waals surface area contributed by atoms with E-state index in [1.165, 1.54) is 11.3 Å². The molecular weight excluding hydrogens is 286 g/mol. The van der Waals surface area contributed by atoms with E-state index in [-0.39, 0.29) is 5.91 Å². The number of rotatable bonds is 4. The van der Waals surface area contributed by atoms with Crippen molar-refractivity contribution in [2.45, 2.75) is 0 Å². The van der Waals surface area contributed by atoms with Crippen molar-refractivity contribution in [2.24, 2.45) is 0 Å². The van der Waals surface area contributed by atoms with Crippen molar-refractivity contribution in [1.82, 2.24) is 20.5 Å². The third kappa shape index (κ3) is 3.15. The van der Waals surface area contributed by atoms with E-state index in [4.69, 9.17) is 5.73 Å². The van der Waals surface area contributed by atoms with Crippen molar-refractivity contribution < 1.29 is 4.79 Å². The zero-order valence-electron chi connectivity index (χ0n) is 11.8. The van der Waals surface area contributed by atoms with Crippen LogP contribution >= 0.6 is 11.3 Å². The van der Waals surface area contributed by atoms with Crippen LogP contribution in [-0.2, 0) is 0 Å². The third-order valence-electron chi connectivity index (χ3n) is 3.63. The molecular formula is C14H19N5OS. The van der Waals surface area contributed by atoms with Gasteiger partial charge in [0.15, 0.2) is 0 Å². The van der Waals surface area contributed by atoms with Gasteiger partial charge in [-0.25, -0.2) is 4.98 Å². The minimum atomic E-state index is -0.106. The van der Waals surface area contributed by atoms with E-state index in [2.05, 4.69) is 20.5 Å². The van der Waals surface area contributed by atoms with E-state index in [0.29, 0.717) is 17.1 Å². The second kappa shape index (κ2) is 6.38. The Kier molecular flexibility index (Phi) is 4.33. The Morgan fingerprint density at radius 2 is 2.29 bits per heavy atom. The average Bonchev–Trinajstić information content (AvgIpc) is 2.86. The lowest BCUT2D eigenvalue weighted by molar-refractivity contribution is 0.0952. The highest BCUT2D eigenvalue weighted by atomic mass is 32.1. The number of amides is 1. The molecule has 1 fully saturated rings. The minimum Gasteiger partial charge on any atom is -0.397 e. The summed E-state index contributed by atoms with van der Waals surface area (Å²) in [5.41, 5.74) is 6.58. The van der Waals surface area contributed by atoms with Crippen LogP contribution in [0.1, 0.15) is 9.67 Å². The average molecular weight is 305 g/mol. The first-order valence-electron chi connectivity index (χ1n) is 7.10. The van der Waals surface area contributed by atoms with Gasteiger partial charge in [-0.1, -0.05) is 0 Å².